The molecule has 0 spiro atoms. The first-order valence-electron chi connectivity index (χ1n) is 12.8. The summed E-state index contributed by atoms with van der Waals surface area (Å²) in [5, 5.41) is 0. The van der Waals surface area contributed by atoms with Crippen molar-refractivity contribution in [2.75, 3.05) is 13.2 Å². The van der Waals surface area contributed by atoms with Gasteiger partial charge in [0.1, 0.15) is 6.61 Å². The smallest absolute Gasteiger partial charge is 0.165 e. The van der Waals surface area contributed by atoms with E-state index < -0.39 is 5.82 Å². The molecular weight excluding hydrogens is 451 g/mol. The summed E-state index contributed by atoms with van der Waals surface area (Å²) >= 11 is 0. The fourth-order valence-electron chi connectivity index (χ4n) is 3.78. The zero-order chi connectivity index (χ0) is 25.6. The molecule has 5 heteroatoms. The highest BCUT2D eigenvalue weighted by atomic mass is 19.1. The van der Waals surface area contributed by atoms with Crippen LogP contribution in [0.15, 0.2) is 73.6 Å². The number of hydrogen-bond donors (Lipinski definition) is 0. The highest BCUT2D eigenvalue weighted by Crippen LogP contribution is 2.25. The Labute approximate surface area is 214 Å². The van der Waals surface area contributed by atoms with E-state index >= 15 is 0 Å². The van der Waals surface area contributed by atoms with Crippen LogP contribution < -0.4 is 4.74 Å². The van der Waals surface area contributed by atoms with E-state index in [1.54, 1.807) is 30.6 Å². The molecule has 2 aromatic carbocycles. The average Bonchev–Trinajstić information content (AvgIpc) is 2.91. The summed E-state index contributed by atoms with van der Waals surface area (Å²) in [6.45, 7) is 9.08. The van der Waals surface area contributed by atoms with E-state index in [2.05, 4.69) is 66.8 Å². The van der Waals surface area contributed by atoms with Crippen LogP contribution in [0.3, 0.4) is 0 Å². The molecule has 0 saturated heterocycles. The highest BCUT2D eigenvalue weighted by Gasteiger charge is 2.09. The first-order chi connectivity index (χ1) is 17.6. The number of benzene rings is 2. The Hall–Kier alpha value is -3.31. The lowest BCUT2D eigenvalue weighted by molar-refractivity contribution is 0.0566. The topological polar surface area (TPSA) is 44.2 Å². The third-order valence-electron chi connectivity index (χ3n) is 5.88. The van der Waals surface area contributed by atoms with Crippen molar-refractivity contribution in [2.24, 2.45) is 0 Å². The summed E-state index contributed by atoms with van der Waals surface area (Å²) in [6.07, 6.45) is 16.7. The van der Waals surface area contributed by atoms with Crippen LogP contribution in [0.1, 0.15) is 57.9 Å². The van der Waals surface area contributed by atoms with Crippen molar-refractivity contribution in [1.82, 2.24) is 9.97 Å². The van der Waals surface area contributed by atoms with Gasteiger partial charge in [-0.15, -0.1) is 0 Å². The average molecular weight is 489 g/mol. The lowest BCUT2D eigenvalue weighted by atomic mass is 10.1. The highest BCUT2D eigenvalue weighted by molar-refractivity contribution is 5.66. The summed E-state index contributed by atoms with van der Waals surface area (Å²) in [6, 6.07) is 13.0. The summed E-state index contributed by atoms with van der Waals surface area (Å²) < 4.78 is 25.4. The van der Waals surface area contributed by atoms with Crippen molar-refractivity contribution in [3.63, 3.8) is 0 Å². The monoisotopic (exact) mass is 488 g/mol. The van der Waals surface area contributed by atoms with Crippen molar-refractivity contribution in [2.45, 2.75) is 58.5 Å². The SMILES string of the molecule is C=CCOc1ccc(-c2ncc(-c3ccc(/C=C/CCCC(C)OCCCCC)cc3)cn2)cc1F. The van der Waals surface area contributed by atoms with E-state index in [9.17, 15) is 4.39 Å². The molecule has 190 valence electrons. The zero-order valence-corrected chi connectivity index (χ0v) is 21.5. The van der Waals surface area contributed by atoms with Gasteiger partial charge in [0, 0.05) is 30.1 Å². The summed E-state index contributed by atoms with van der Waals surface area (Å²) in [5.74, 6) is 0.204. The molecular formula is C31H37FN2O2. The third-order valence-corrected chi connectivity index (χ3v) is 5.88. The van der Waals surface area contributed by atoms with E-state index in [0.29, 0.717) is 17.5 Å². The minimum Gasteiger partial charge on any atom is -0.486 e. The number of unbranched alkanes of at least 4 members (excludes halogenated alkanes) is 3. The van der Waals surface area contributed by atoms with E-state index in [4.69, 9.17) is 9.47 Å². The normalized spacial score (nSPS) is 12.1. The first-order valence-corrected chi connectivity index (χ1v) is 12.8. The van der Waals surface area contributed by atoms with Gasteiger partial charge < -0.3 is 9.47 Å². The fourth-order valence-corrected chi connectivity index (χ4v) is 3.78. The van der Waals surface area contributed by atoms with Crippen LogP contribution in [0.4, 0.5) is 4.39 Å². The van der Waals surface area contributed by atoms with Crippen LogP contribution in [0.25, 0.3) is 28.6 Å². The molecule has 4 nitrogen and oxygen atoms in total. The van der Waals surface area contributed by atoms with Crippen molar-refractivity contribution in [3.05, 3.63) is 85.0 Å². The number of rotatable bonds is 15. The maximum absolute atomic E-state index is 14.3. The number of hydrogen-bond acceptors (Lipinski definition) is 4. The molecule has 1 heterocycles. The van der Waals surface area contributed by atoms with Gasteiger partial charge in [-0.25, -0.2) is 14.4 Å². The Morgan fingerprint density at radius 3 is 2.42 bits per heavy atom. The minimum atomic E-state index is -0.448. The second-order valence-corrected chi connectivity index (χ2v) is 8.88. The maximum atomic E-state index is 14.3. The lowest BCUT2D eigenvalue weighted by Gasteiger charge is -2.12. The number of ether oxygens (including phenoxy) is 2. The molecule has 1 unspecified atom stereocenters. The molecule has 0 saturated carbocycles. The molecule has 0 bridgehead atoms. The van der Waals surface area contributed by atoms with Gasteiger partial charge in [0.25, 0.3) is 0 Å². The van der Waals surface area contributed by atoms with E-state index in [-0.39, 0.29) is 12.4 Å². The molecule has 0 fully saturated rings. The molecule has 0 N–H and O–H groups in total. The van der Waals surface area contributed by atoms with Crippen LogP contribution in [0.5, 0.6) is 5.75 Å². The van der Waals surface area contributed by atoms with Gasteiger partial charge in [0.05, 0.1) is 6.10 Å². The Balaban J connectivity index is 1.49. The lowest BCUT2D eigenvalue weighted by Crippen LogP contribution is -2.08. The zero-order valence-electron chi connectivity index (χ0n) is 21.5. The van der Waals surface area contributed by atoms with Crippen molar-refractivity contribution in [1.29, 1.82) is 0 Å². The van der Waals surface area contributed by atoms with E-state index in [1.807, 2.05) is 0 Å². The molecule has 36 heavy (non-hydrogen) atoms. The van der Waals surface area contributed by atoms with Crippen LogP contribution in [0.2, 0.25) is 0 Å². The van der Waals surface area contributed by atoms with E-state index in [1.165, 1.54) is 18.9 Å². The molecule has 0 aliphatic carbocycles. The maximum Gasteiger partial charge on any atom is 0.165 e. The Bertz CT molecular complexity index is 1090. The predicted octanol–water partition coefficient (Wildman–Crippen LogP) is 8.29. The third kappa shape index (κ3) is 8.72. The number of nitrogens with zero attached hydrogens (tertiary/aromatic N) is 2. The molecule has 1 aromatic heterocycles. The number of allylic oxidation sites excluding steroid dienone is 1. The quantitative estimate of drug-likeness (QED) is 0.159. The second kappa shape index (κ2) is 14.9. The van der Waals surface area contributed by atoms with Crippen LogP contribution in [0, 0.1) is 5.82 Å². The molecule has 0 aliphatic heterocycles. The molecule has 3 rings (SSSR count). The van der Waals surface area contributed by atoms with Gasteiger partial charge in [0.15, 0.2) is 17.4 Å². The Morgan fingerprint density at radius 2 is 1.72 bits per heavy atom. The van der Waals surface area contributed by atoms with Gasteiger partial charge >= 0.3 is 0 Å². The van der Waals surface area contributed by atoms with Crippen molar-refractivity contribution >= 4 is 6.08 Å². The van der Waals surface area contributed by atoms with Gasteiger partial charge in [-0.1, -0.05) is 68.8 Å². The van der Waals surface area contributed by atoms with Gasteiger partial charge in [0.2, 0.25) is 0 Å². The van der Waals surface area contributed by atoms with E-state index in [0.717, 1.165) is 49.0 Å². The number of aromatic nitrogens is 2. The Kier molecular flexibility index (Phi) is 11.3. The van der Waals surface area contributed by atoms with Gasteiger partial charge in [-0.3, -0.25) is 0 Å². The predicted molar refractivity (Wildman–Crippen MR) is 146 cm³/mol. The second-order valence-electron chi connectivity index (χ2n) is 8.88. The van der Waals surface area contributed by atoms with Crippen LogP contribution in [-0.2, 0) is 4.74 Å². The molecule has 0 aliphatic rings. The van der Waals surface area contributed by atoms with Crippen LogP contribution in [-0.4, -0.2) is 29.3 Å². The Morgan fingerprint density at radius 1 is 0.972 bits per heavy atom. The van der Waals surface area contributed by atoms with Crippen molar-refractivity contribution in [3.8, 4) is 28.3 Å². The van der Waals surface area contributed by atoms with Crippen molar-refractivity contribution < 1.29 is 13.9 Å². The fraction of sp³-hybridized carbons (Fsp3) is 0.355. The summed E-state index contributed by atoms with van der Waals surface area (Å²) in [7, 11) is 0. The standard InChI is InChI=1S/C31H37FN2O2/c1-4-6-10-20-35-24(3)11-8-7-9-12-25-13-15-26(16-14-25)28-22-33-31(34-23-28)27-17-18-30(29(32)21-27)36-19-5-2/h5,9,12-18,21-24H,2,4,6-8,10-11,19-20H2,1,3H3/b12-9+. The molecule has 1 atom stereocenters. The van der Waals surface area contributed by atoms with Crippen LogP contribution >= 0.6 is 0 Å². The molecule has 0 radical (unpaired) electrons. The van der Waals surface area contributed by atoms with Gasteiger partial charge in [-0.05, 0) is 61.9 Å². The largest absolute Gasteiger partial charge is 0.486 e. The summed E-state index contributed by atoms with van der Waals surface area (Å²) in [5.41, 5.74) is 3.71. The molecule has 3 aromatic rings. The first kappa shape index (κ1) is 27.3. The number of halogens is 1. The minimum absolute atomic E-state index is 0.186. The summed E-state index contributed by atoms with van der Waals surface area (Å²) in [4.78, 5) is 8.87. The molecule has 0 amide bonds. The van der Waals surface area contributed by atoms with Gasteiger partial charge in [-0.2, -0.15) is 0 Å².